The van der Waals surface area contributed by atoms with E-state index in [0.717, 1.165) is 25.4 Å². The van der Waals surface area contributed by atoms with Crippen molar-refractivity contribution in [2.24, 2.45) is 11.7 Å². The molecule has 100 valence electrons. The van der Waals surface area contributed by atoms with Crippen molar-refractivity contribution in [3.05, 3.63) is 0 Å². The minimum absolute atomic E-state index is 0.276. The number of rotatable bonds is 5. The van der Waals surface area contributed by atoms with Crippen LogP contribution in [0.3, 0.4) is 0 Å². The lowest BCUT2D eigenvalue weighted by Crippen LogP contribution is -2.28. The second-order valence-corrected chi connectivity index (χ2v) is 5.59. The van der Waals surface area contributed by atoms with Crippen molar-refractivity contribution < 1.29 is 9.47 Å². The first-order valence-corrected chi connectivity index (χ1v) is 7.29. The second-order valence-electron chi connectivity index (χ2n) is 5.59. The zero-order valence-electron chi connectivity index (χ0n) is 11.1. The van der Waals surface area contributed by atoms with Crippen LogP contribution >= 0.6 is 0 Å². The third kappa shape index (κ3) is 3.94. The summed E-state index contributed by atoms with van der Waals surface area (Å²) in [6.45, 7) is 3.72. The molecule has 3 heteroatoms. The smallest absolute Gasteiger partial charge is 0.0814 e. The van der Waals surface area contributed by atoms with E-state index in [2.05, 4.69) is 6.92 Å². The Hall–Kier alpha value is -0.120. The molecule has 4 unspecified atom stereocenters. The largest absolute Gasteiger partial charge is 0.376 e. The van der Waals surface area contributed by atoms with Crippen LogP contribution in [-0.2, 0) is 9.47 Å². The van der Waals surface area contributed by atoms with E-state index in [9.17, 15) is 0 Å². The molecular formula is C14H27NO2. The van der Waals surface area contributed by atoms with Crippen LogP contribution in [0.25, 0.3) is 0 Å². The summed E-state index contributed by atoms with van der Waals surface area (Å²) < 4.78 is 11.8. The van der Waals surface area contributed by atoms with Gasteiger partial charge in [-0.05, 0) is 31.6 Å². The van der Waals surface area contributed by atoms with Crippen LogP contribution < -0.4 is 5.73 Å². The van der Waals surface area contributed by atoms with Crippen molar-refractivity contribution in [3.8, 4) is 0 Å². The average molecular weight is 241 g/mol. The Morgan fingerprint density at radius 1 is 1.18 bits per heavy atom. The molecule has 3 nitrogen and oxygen atoms in total. The van der Waals surface area contributed by atoms with Crippen LogP contribution in [0.4, 0.5) is 0 Å². The van der Waals surface area contributed by atoms with Crippen molar-refractivity contribution >= 4 is 0 Å². The Morgan fingerprint density at radius 2 is 2.00 bits per heavy atom. The normalized spacial score (nSPS) is 38.5. The molecule has 0 amide bonds. The first-order chi connectivity index (χ1) is 8.31. The monoisotopic (exact) mass is 241 g/mol. The fourth-order valence-corrected chi connectivity index (χ4v) is 3.08. The van der Waals surface area contributed by atoms with Gasteiger partial charge in [-0.3, -0.25) is 0 Å². The van der Waals surface area contributed by atoms with E-state index < -0.39 is 0 Å². The lowest BCUT2D eigenvalue weighted by Gasteiger charge is -2.29. The van der Waals surface area contributed by atoms with E-state index in [1.807, 2.05) is 0 Å². The van der Waals surface area contributed by atoms with Crippen LogP contribution in [0.1, 0.15) is 51.9 Å². The summed E-state index contributed by atoms with van der Waals surface area (Å²) in [7, 11) is 0. The van der Waals surface area contributed by atoms with Crippen molar-refractivity contribution in [3.63, 3.8) is 0 Å². The van der Waals surface area contributed by atoms with Gasteiger partial charge in [-0.15, -0.1) is 0 Å². The van der Waals surface area contributed by atoms with Gasteiger partial charge in [-0.2, -0.15) is 0 Å². The Balaban J connectivity index is 1.64. The van der Waals surface area contributed by atoms with Gasteiger partial charge in [0.05, 0.1) is 24.9 Å². The molecule has 2 N–H and O–H groups in total. The molecule has 17 heavy (non-hydrogen) atoms. The van der Waals surface area contributed by atoms with Gasteiger partial charge in [-0.1, -0.05) is 26.2 Å². The highest BCUT2D eigenvalue weighted by Gasteiger charge is 2.26. The van der Waals surface area contributed by atoms with Crippen LogP contribution in [0.15, 0.2) is 0 Å². The van der Waals surface area contributed by atoms with Gasteiger partial charge in [0.2, 0.25) is 0 Å². The van der Waals surface area contributed by atoms with Crippen molar-refractivity contribution in [1.82, 2.24) is 0 Å². The first kappa shape index (κ1) is 13.3. The summed E-state index contributed by atoms with van der Waals surface area (Å²) in [5, 5.41) is 0. The molecule has 1 aliphatic carbocycles. The molecule has 4 atom stereocenters. The molecule has 0 bridgehead atoms. The summed E-state index contributed by atoms with van der Waals surface area (Å²) in [6.07, 6.45) is 9.80. The molecule has 2 aliphatic rings. The third-order valence-corrected chi connectivity index (χ3v) is 4.29. The summed E-state index contributed by atoms with van der Waals surface area (Å²) in [4.78, 5) is 0. The average Bonchev–Trinajstić information content (AvgIpc) is 2.84. The van der Waals surface area contributed by atoms with E-state index in [-0.39, 0.29) is 6.10 Å². The highest BCUT2D eigenvalue weighted by atomic mass is 16.5. The lowest BCUT2D eigenvalue weighted by atomic mass is 9.85. The minimum atomic E-state index is 0.276. The molecule has 0 spiro atoms. The SMILES string of the molecule is CCC1CCCC(OCC2CCC(CN)O2)C1. The molecular weight excluding hydrogens is 214 g/mol. The molecule has 1 saturated heterocycles. The number of hydrogen-bond acceptors (Lipinski definition) is 3. The van der Waals surface area contributed by atoms with Gasteiger partial charge >= 0.3 is 0 Å². The van der Waals surface area contributed by atoms with E-state index >= 15 is 0 Å². The van der Waals surface area contributed by atoms with Crippen LogP contribution in [0.5, 0.6) is 0 Å². The van der Waals surface area contributed by atoms with E-state index in [1.165, 1.54) is 32.1 Å². The van der Waals surface area contributed by atoms with Crippen molar-refractivity contribution in [2.45, 2.75) is 70.2 Å². The van der Waals surface area contributed by atoms with Gasteiger partial charge in [0, 0.05) is 6.54 Å². The maximum atomic E-state index is 6.03. The van der Waals surface area contributed by atoms with E-state index in [0.29, 0.717) is 18.8 Å². The molecule has 1 heterocycles. The van der Waals surface area contributed by atoms with E-state index in [4.69, 9.17) is 15.2 Å². The Bertz CT molecular complexity index is 222. The molecule has 1 aliphatic heterocycles. The lowest BCUT2D eigenvalue weighted by molar-refractivity contribution is -0.0547. The third-order valence-electron chi connectivity index (χ3n) is 4.29. The van der Waals surface area contributed by atoms with Crippen molar-refractivity contribution in [2.75, 3.05) is 13.2 Å². The summed E-state index contributed by atoms with van der Waals surface area (Å²) in [6, 6.07) is 0. The van der Waals surface area contributed by atoms with Gasteiger partial charge in [0.25, 0.3) is 0 Å². The Morgan fingerprint density at radius 3 is 2.71 bits per heavy atom. The number of nitrogens with two attached hydrogens (primary N) is 1. The topological polar surface area (TPSA) is 44.5 Å². The van der Waals surface area contributed by atoms with Gasteiger partial charge < -0.3 is 15.2 Å². The first-order valence-electron chi connectivity index (χ1n) is 7.29. The second kappa shape index (κ2) is 6.72. The van der Waals surface area contributed by atoms with Crippen LogP contribution in [-0.4, -0.2) is 31.5 Å². The fraction of sp³-hybridized carbons (Fsp3) is 1.00. The maximum absolute atomic E-state index is 6.03. The number of hydrogen-bond donors (Lipinski definition) is 1. The number of ether oxygens (including phenoxy) is 2. The molecule has 0 radical (unpaired) electrons. The predicted molar refractivity (Wildman–Crippen MR) is 68.9 cm³/mol. The predicted octanol–water partition coefficient (Wildman–Crippen LogP) is 2.48. The Kier molecular flexibility index (Phi) is 5.26. The summed E-state index contributed by atoms with van der Waals surface area (Å²) in [5.41, 5.74) is 5.61. The molecule has 2 rings (SSSR count). The quantitative estimate of drug-likeness (QED) is 0.804. The van der Waals surface area contributed by atoms with Gasteiger partial charge in [-0.25, -0.2) is 0 Å². The zero-order valence-corrected chi connectivity index (χ0v) is 11.1. The molecule has 0 aromatic carbocycles. The zero-order chi connectivity index (χ0) is 12.1. The minimum Gasteiger partial charge on any atom is -0.376 e. The summed E-state index contributed by atoms with van der Waals surface area (Å²) in [5.74, 6) is 0.884. The molecule has 2 fully saturated rings. The standard InChI is InChI=1S/C14H27NO2/c1-2-11-4-3-5-12(8-11)16-10-14-7-6-13(9-15)17-14/h11-14H,2-10,15H2,1H3. The van der Waals surface area contributed by atoms with Crippen LogP contribution in [0, 0.1) is 5.92 Å². The molecule has 1 saturated carbocycles. The molecule has 0 aromatic rings. The fourth-order valence-electron chi connectivity index (χ4n) is 3.08. The summed E-state index contributed by atoms with van der Waals surface area (Å²) >= 11 is 0. The van der Waals surface area contributed by atoms with Gasteiger partial charge in [0.1, 0.15) is 0 Å². The van der Waals surface area contributed by atoms with E-state index in [1.54, 1.807) is 0 Å². The Labute approximate surface area is 105 Å². The van der Waals surface area contributed by atoms with Crippen molar-refractivity contribution in [1.29, 1.82) is 0 Å². The maximum Gasteiger partial charge on any atom is 0.0814 e. The van der Waals surface area contributed by atoms with Crippen LogP contribution in [0.2, 0.25) is 0 Å². The van der Waals surface area contributed by atoms with Gasteiger partial charge in [0.15, 0.2) is 0 Å². The highest BCUT2D eigenvalue weighted by Crippen LogP contribution is 2.29. The highest BCUT2D eigenvalue weighted by molar-refractivity contribution is 4.76. The molecule has 0 aromatic heterocycles.